The largest absolute Gasteiger partial charge is 0.394 e. The van der Waals surface area contributed by atoms with E-state index in [9.17, 15) is 9.90 Å². The van der Waals surface area contributed by atoms with Gasteiger partial charge in [-0.15, -0.1) is 0 Å². The third-order valence-electron chi connectivity index (χ3n) is 3.11. The molecule has 0 aliphatic carbocycles. The van der Waals surface area contributed by atoms with Gasteiger partial charge in [0.2, 0.25) is 5.91 Å². The van der Waals surface area contributed by atoms with Crippen molar-refractivity contribution in [3.05, 3.63) is 29.6 Å². The van der Waals surface area contributed by atoms with Crippen molar-refractivity contribution in [2.45, 2.75) is 32.7 Å². The molecule has 0 aliphatic heterocycles. The lowest BCUT2D eigenvalue weighted by molar-refractivity contribution is -0.135. The molecule has 0 atom stereocenters. The van der Waals surface area contributed by atoms with Gasteiger partial charge in [0.25, 0.3) is 0 Å². The van der Waals surface area contributed by atoms with E-state index in [1.54, 1.807) is 18.1 Å². The summed E-state index contributed by atoms with van der Waals surface area (Å²) in [5.41, 5.74) is 1.26. The van der Waals surface area contributed by atoms with Gasteiger partial charge in [-0.2, -0.15) is 0 Å². The van der Waals surface area contributed by atoms with Crippen LogP contribution >= 0.6 is 0 Å². The molecule has 0 fully saturated rings. The van der Waals surface area contributed by atoms with Crippen LogP contribution in [-0.4, -0.2) is 40.1 Å². The maximum Gasteiger partial charge on any atom is 0.228 e. The zero-order valence-electron chi connectivity index (χ0n) is 10.9. The van der Waals surface area contributed by atoms with Crippen molar-refractivity contribution >= 4 is 5.91 Å². The molecular formula is C13H20N2O2. The number of aliphatic hydroxyl groups excluding tert-OH is 1. The molecule has 1 N–H and O–H groups in total. The molecule has 0 radical (unpaired) electrons. The van der Waals surface area contributed by atoms with Crippen LogP contribution in [-0.2, 0) is 11.2 Å². The predicted octanol–water partition coefficient (Wildman–Crippen LogP) is 1.16. The molecule has 1 aromatic rings. The minimum atomic E-state index is -0.542. The van der Waals surface area contributed by atoms with Crippen LogP contribution in [0.2, 0.25) is 0 Å². The maximum absolute atomic E-state index is 12.0. The van der Waals surface area contributed by atoms with Gasteiger partial charge in [-0.3, -0.25) is 9.78 Å². The number of aromatic nitrogens is 1. The van der Waals surface area contributed by atoms with Crippen LogP contribution in [0.25, 0.3) is 0 Å². The Hall–Kier alpha value is -1.42. The molecule has 0 unspecified atom stereocenters. The highest BCUT2D eigenvalue weighted by Crippen LogP contribution is 2.13. The highest BCUT2D eigenvalue weighted by Gasteiger charge is 2.26. The summed E-state index contributed by atoms with van der Waals surface area (Å²) in [6.07, 6.45) is 1.96. The molecule has 0 saturated heterocycles. The van der Waals surface area contributed by atoms with Crippen molar-refractivity contribution in [1.82, 2.24) is 9.88 Å². The molecule has 4 heteroatoms. The molecule has 1 aromatic heterocycles. The molecule has 0 bridgehead atoms. The number of carbonyl (C=O) groups excluding carboxylic acids is 1. The number of rotatable bonds is 4. The number of aryl methyl sites for hydroxylation is 1. The molecule has 1 heterocycles. The average molecular weight is 236 g/mol. The van der Waals surface area contributed by atoms with E-state index >= 15 is 0 Å². The second-order valence-corrected chi connectivity index (χ2v) is 4.87. The smallest absolute Gasteiger partial charge is 0.228 e. The first-order valence-electron chi connectivity index (χ1n) is 5.66. The lowest BCUT2D eigenvalue weighted by atomic mass is 10.0. The second kappa shape index (κ2) is 5.27. The molecule has 0 aliphatic rings. The number of likely N-dealkylation sites (N-methyl/N-ethyl adjacent to an activating group) is 1. The maximum atomic E-state index is 12.0. The fraction of sp³-hybridized carbons (Fsp3) is 0.538. The Bertz CT molecular complexity index is 402. The van der Waals surface area contributed by atoms with Crippen molar-refractivity contribution < 1.29 is 9.90 Å². The van der Waals surface area contributed by atoms with Gasteiger partial charge in [-0.1, -0.05) is 6.07 Å². The standard InChI is InChI=1S/C13H20N2O2/c1-10-6-5-7-14-11(10)8-12(17)15(4)13(2,3)9-16/h5-7,16H,8-9H2,1-4H3. The molecule has 1 amide bonds. The van der Waals surface area contributed by atoms with Crippen LogP contribution in [0, 0.1) is 6.92 Å². The summed E-state index contributed by atoms with van der Waals surface area (Å²) >= 11 is 0. The van der Waals surface area contributed by atoms with Crippen molar-refractivity contribution in [3.8, 4) is 0 Å². The van der Waals surface area contributed by atoms with E-state index in [-0.39, 0.29) is 18.9 Å². The van der Waals surface area contributed by atoms with Gasteiger partial charge in [-0.05, 0) is 32.4 Å². The lowest BCUT2D eigenvalue weighted by Crippen LogP contribution is -2.48. The number of aliphatic hydroxyl groups is 1. The van der Waals surface area contributed by atoms with Gasteiger partial charge >= 0.3 is 0 Å². The van der Waals surface area contributed by atoms with Crippen LogP contribution in [0.5, 0.6) is 0 Å². The quantitative estimate of drug-likeness (QED) is 0.853. The van der Waals surface area contributed by atoms with Crippen LogP contribution in [0.15, 0.2) is 18.3 Å². The summed E-state index contributed by atoms with van der Waals surface area (Å²) in [6.45, 7) is 5.54. The van der Waals surface area contributed by atoms with Crippen LogP contribution in [0.3, 0.4) is 0 Å². The van der Waals surface area contributed by atoms with Crippen molar-refractivity contribution in [2.75, 3.05) is 13.7 Å². The molecular weight excluding hydrogens is 216 g/mol. The third-order valence-corrected chi connectivity index (χ3v) is 3.11. The number of carbonyl (C=O) groups is 1. The van der Waals surface area contributed by atoms with E-state index in [0.717, 1.165) is 11.3 Å². The summed E-state index contributed by atoms with van der Waals surface area (Å²) in [5.74, 6) is -0.0362. The highest BCUT2D eigenvalue weighted by atomic mass is 16.3. The first-order valence-corrected chi connectivity index (χ1v) is 5.66. The minimum absolute atomic E-state index is 0.0362. The number of hydrogen-bond donors (Lipinski definition) is 1. The molecule has 94 valence electrons. The zero-order valence-corrected chi connectivity index (χ0v) is 10.9. The Labute approximate surface area is 102 Å². The molecule has 0 spiro atoms. The first kappa shape index (κ1) is 13.6. The fourth-order valence-electron chi connectivity index (χ4n) is 1.41. The normalized spacial score (nSPS) is 11.4. The van der Waals surface area contributed by atoms with Crippen LogP contribution in [0.1, 0.15) is 25.1 Å². The number of hydrogen-bond acceptors (Lipinski definition) is 3. The summed E-state index contributed by atoms with van der Waals surface area (Å²) in [4.78, 5) is 17.8. The van der Waals surface area contributed by atoms with Crippen molar-refractivity contribution in [2.24, 2.45) is 0 Å². The molecule has 4 nitrogen and oxygen atoms in total. The summed E-state index contributed by atoms with van der Waals surface area (Å²) < 4.78 is 0. The van der Waals surface area contributed by atoms with E-state index in [4.69, 9.17) is 0 Å². The van der Waals surface area contributed by atoms with Gasteiger partial charge in [0.15, 0.2) is 0 Å². The number of amides is 1. The first-order chi connectivity index (χ1) is 7.88. The minimum Gasteiger partial charge on any atom is -0.394 e. The fourth-order valence-corrected chi connectivity index (χ4v) is 1.41. The predicted molar refractivity (Wildman–Crippen MR) is 66.6 cm³/mol. The van der Waals surface area contributed by atoms with E-state index < -0.39 is 5.54 Å². The zero-order chi connectivity index (χ0) is 13.1. The van der Waals surface area contributed by atoms with Gasteiger partial charge < -0.3 is 10.0 Å². The van der Waals surface area contributed by atoms with Crippen LogP contribution in [0.4, 0.5) is 0 Å². The SMILES string of the molecule is Cc1cccnc1CC(=O)N(C)C(C)(C)CO. The van der Waals surface area contributed by atoms with E-state index in [1.807, 2.05) is 32.9 Å². The van der Waals surface area contributed by atoms with E-state index in [0.29, 0.717) is 0 Å². The molecule has 0 saturated carbocycles. The van der Waals surface area contributed by atoms with Gasteiger partial charge in [0, 0.05) is 13.2 Å². The van der Waals surface area contributed by atoms with E-state index in [1.165, 1.54) is 0 Å². The summed E-state index contributed by atoms with van der Waals surface area (Å²) in [6, 6.07) is 3.79. The topological polar surface area (TPSA) is 53.4 Å². The van der Waals surface area contributed by atoms with Gasteiger partial charge in [0.05, 0.1) is 24.3 Å². The number of nitrogens with zero attached hydrogens (tertiary/aromatic N) is 2. The Kier molecular flexibility index (Phi) is 4.23. The Morgan fingerprint density at radius 1 is 1.53 bits per heavy atom. The Morgan fingerprint density at radius 3 is 2.71 bits per heavy atom. The molecule has 17 heavy (non-hydrogen) atoms. The van der Waals surface area contributed by atoms with Gasteiger partial charge in [0.1, 0.15) is 0 Å². The Morgan fingerprint density at radius 2 is 2.18 bits per heavy atom. The second-order valence-electron chi connectivity index (χ2n) is 4.87. The summed E-state index contributed by atoms with van der Waals surface area (Å²) in [7, 11) is 1.71. The monoisotopic (exact) mass is 236 g/mol. The van der Waals surface area contributed by atoms with E-state index in [2.05, 4.69) is 4.98 Å². The average Bonchev–Trinajstić information content (AvgIpc) is 2.31. The highest BCUT2D eigenvalue weighted by molar-refractivity contribution is 5.79. The van der Waals surface area contributed by atoms with Gasteiger partial charge in [-0.25, -0.2) is 0 Å². The van der Waals surface area contributed by atoms with Crippen LogP contribution < -0.4 is 0 Å². The van der Waals surface area contributed by atoms with Crippen molar-refractivity contribution in [1.29, 1.82) is 0 Å². The van der Waals surface area contributed by atoms with Crippen molar-refractivity contribution in [3.63, 3.8) is 0 Å². The molecule has 0 aromatic carbocycles. The summed E-state index contributed by atoms with van der Waals surface area (Å²) in [5, 5.41) is 9.22. The lowest BCUT2D eigenvalue weighted by Gasteiger charge is -2.34. The molecule has 1 rings (SSSR count). The third kappa shape index (κ3) is 3.27. The Balaban J connectivity index is 2.77. The number of pyridine rings is 1.